The molecule has 0 unspecified atom stereocenters. The van der Waals surface area contributed by atoms with E-state index in [1.54, 1.807) is 48.3 Å². The summed E-state index contributed by atoms with van der Waals surface area (Å²) in [4.78, 5) is 12.4. The Morgan fingerprint density at radius 3 is 2.62 bits per heavy atom. The molecule has 1 heterocycles. The van der Waals surface area contributed by atoms with E-state index in [0.717, 1.165) is 5.69 Å². The predicted octanol–water partition coefficient (Wildman–Crippen LogP) is 3.11. The van der Waals surface area contributed by atoms with Crippen LogP contribution in [0.1, 0.15) is 16.1 Å². The Hall–Kier alpha value is -2.88. The average Bonchev–Trinajstić information content (AvgIpc) is 3.05. The first-order valence-electron chi connectivity index (χ1n) is 6.58. The van der Waals surface area contributed by atoms with Gasteiger partial charge in [0, 0.05) is 11.8 Å². The molecule has 0 aliphatic rings. The number of para-hydroxylation sites is 1. The van der Waals surface area contributed by atoms with E-state index in [-0.39, 0.29) is 5.78 Å². The summed E-state index contributed by atoms with van der Waals surface area (Å²) in [5.74, 6) is 0.534. The monoisotopic (exact) mass is 278 g/mol. The summed E-state index contributed by atoms with van der Waals surface area (Å²) < 4.78 is 6.83. The molecule has 3 rings (SSSR count). The van der Waals surface area contributed by atoms with Crippen LogP contribution in [0.25, 0.3) is 5.69 Å². The van der Waals surface area contributed by atoms with Gasteiger partial charge in [-0.15, -0.1) is 0 Å². The predicted molar refractivity (Wildman–Crippen MR) is 80.0 cm³/mol. The fourth-order valence-corrected chi connectivity index (χ4v) is 2.08. The second-order valence-electron chi connectivity index (χ2n) is 4.54. The third-order valence-corrected chi connectivity index (χ3v) is 3.17. The first-order chi connectivity index (χ1) is 10.3. The molecule has 3 aromatic rings. The van der Waals surface area contributed by atoms with E-state index in [1.807, 2.05) is 30.3 Å². The van der Waals surface area contributed by atoms with Gasteiger partial charge in [-0.05, 0) is 30.3 Å². The van der Waals surface area contributed by atoms with Crippen LogP contribution in [-0.2, 0) is 0 Å². The van der Waals surface area contributed by atoms with E-state index in [1.165, 1.54) is 0 Å². The van der Waals surface area contributed by atoms with E-state index >= 15 is 0 Å². The van der Waals surface area contributed by atoms with E-state index in [9.17, 15) is 4.79 Å². The number of hydrogen-bond acceptors (Lipinski definition) is 3. The number of rotatable bonds is 4. The molecule has 4 heteroatoms. The number of methoxy groups -OCH3 is 1. The van der Waals surface area contributed by atoms with Gasteiger partial charge >= 0.3 is 0 Å². The van der Waals surface area contributed by atoms with Gasteiger partial charge in [0.25, 0.3) is 0 Å². The summed E-state index contributed by atoms with van der Waals surface area (Å²) in [6.07, 6.45) is 1.78. The Labute approximate surface area is 122 Å². The molecule has 0 saturated carbocycles. The van der Waals surface area contributed by atoms with Gasteiger partial charge in [-0.3, -0.25) is 4.79 Å². The van der Waals surface area contributed by atoms with Crippen LogP contribution in [0.2, 0.25) is 0 Å². The molecule has 2 aromatic carbocycles. The van der Waals surface area contributed by atoms with Crippen molar-refractivity contribution in [3.63, 3.8) is 0 Å². The lowest BCUT2D eigenvalue weighted by Crippen LogP contribution is -2.04. The molecular formula is C17H14N2O2. The largest absolute Gasteiger partial charge is 0.497 e. The molecule has 21 heavy (non-hydrogen) atoms. The van der Waals surface area contributed by atoms with Crippen molar-refractivity contribution in [3.05, 3.63) is 78.1 Å². The molecule has 0 fully saturated rings. The zero-order chi connectivity index (χ0) is 14.7. The second-order valence-corrected chi connectivity index (χ2v) is 4.54. The number of nitrogens with zero attached hydrogens (tertiary/aromatic N) is 2. The normalized spacial score (nSPS) is 10.3. The Kier molecular flexibility index (Phi) is 3.51. The van der Waals surface area contributed by atoms with Crippen LogP contribution in [0.3, 0.4) is 0 Å². The number of benzene rings is 2. The lowest BCUT2D eigenvalue weighted by molar-refractivity contribution is 0.103. The molecule has 4 nitrogen and oxygen atoms in total. The van der Waals surface area contributed by atoms with Crippen molar-refractivity contribution in [1.82, 2.24) is 9.78 Å². The lowest BCUT2D eigenvalue weighted by atomic mass is 10.1. The Morgan fingerprint density at radius 1 is 1.05 bits per heavy atom. The highest BCUT2D eigenvalue weighted by Crippen LogP contribution is 2.16. The summed E-state index contributed by atoms with van der Waals surface area (Å²) in [6.45, 7) is 0. The first kappa shape index (κ1) is 13.1. The highest BCUT2D eigenvalue weighted by Gasteiger charge is 2.13. The third-order valence-electron chi connectivity index (χ3n) is 3.17. The van der Waals surface area contributed by atoms with Gasteiger partial charge in [0.15, 0.2) is 0 Å². The number of ether oxygens (including phenoxy) is 1. The molecule has 0 radical (unpaired) electrons. The SMILES string of the molecule is COc1cccc(C(=O)c2ccn(-c3ccccc3)n2)c1. The zero-order valence-electron chi connectivity index (χ0n) is 11.6. The Morgan fingerprint density at radius 2 is 1.86 bits per heavy atom. The van der Waals surface area contributed by atoms with Crippen LogP contribution in [0.15, 0.2) is 66.9 Å². The molecule has 0 aliphatic carbocycles. The molecule has 0 saturated heterocycles. The number of carbonyl (C=O) groups excluding carboxylic acids is 1. The molecule has 0 bridgehead atoms. The molecule has 104 valence electrons. The smallest absolute Gasteiger partial charge is 0.213 e. The second kappa shape index (κ2) is 5.63. The van der Waals surface area contributed by atoms with Gasteiger partial charge in [0.1, 0.15) is 11.4 Å². The fourth-order valence-electron chi connectivity index (χ4n) is 2.08. The minimum Gasteiger partial charge on any atom is -0.497 e. The van der Waals surface area contributed by atoms with Gasteiger partial charge in [0.05, 0.1) is 12.8 Å². The van der Waals surface area contributed by atoms with Crippen LogP contribution in [0.5, 0.6) is 5.75 Å². The van der Waals surface area contributed by atoms with Crippen LogP contribution < -0.4 is 4.74 Å². The molecule has 0 N–H and O–H groups in total. The maximum atomic E-state index is 12.4. The number of hydrogen-bond donors (Lipinski definition) is 0. The van der Waals surface area contributed by atoms with E-state index < -0.39 is 0 Å². The Balaban J connectivity index is 1.91. The van der Waals surface area contributed by atoms with Crippen LogP contribution in [0, 0.1) is 0 Å². The van der Waals surface area contributed by atoms with Gasteiger partial charge < -0.3 is 4.74 Å². The third kappa shape index (κ3) is 2.69. The molecule has 1 aromatic heterocycles. The minimum absolute atomic E-state index is 0.122. The summed E-state index contributed by atoms with van der Waals surface area (Å²) in [5.41, 5.74) is 1.89. The van der Waals surface area contributed by atoms with Crippen molar-refractivity contribution in [2.45, 2.75) is 0 Å². The first-order valence-corrected chi connectivity index (χ1v) is 6.58. The molecule has 0 atom stereocenters. The van der Waals surface area contributed by atoms with Crippen molar-refractivity contribution in [2.75, 3.05) is 7.11 Å². The average molecular weight is 278 g/mol. The molecule has 0 amide bonds. The van der Waals surface area contributed by atoms with Crippen molar-refractivity contribution in [1.29, 1.82) is 0 Å². The van der Waals surface area contributed by atoms with Gasteiger partial charge in [-0.2, -0.15) is 5.10 Å². The van der Waals surface area contributed by atoms with E-state index in [4.69, 9.17) is 4.74 Å². The summed E-state index contributed by atoms with van der Waals surface area (Å²) in [5, 5.41) is 4.34. The van der Waals surface area contributed by atoms with Gasteiger partial charge in [-0.25, -0.2) is 4.68 Å². The van der Waals surface area contributed by atoms with Gasteiger partial charge in [0.2, 0.25) is 5.78 Å². The maximum absolute atomic E-state index is 12.4. The quantitative estimate of drug-likeness (QED) is 0.689. The van der Waals surface area contributed by atoms with Crippen molar-refractivity contribution in [2.24, 2.45) is 0 Å². The van der Waals surface area contributed by atoms with Gasteiger partial charge in [-0.1, -0.05) is 30.3 Å². The summed E-state index contributed by atoms with van der Waals surface area (Å²) >= 11 is 0. The molecular weight excluding hydrogens is 264 g/mol. The summed E-state index contributed by atoms with van der Waals surface area (Å²) in [7, 11) is 1.58. The highest BCUT2D eigenvalue weighted by molar-refractivity contribution is 6.07. The van der Waals surface area contributed by atoms with E-state index in [0.29, 0.717) is 17.0 Å². The van der Waals surface area contributed by atoms with Crippen LogP contribution in [0.4, 0.5) is 0 Å². The van der Waals surface area contributed by atoms with E-state index in [2.05, 4.69) is 5.10 Å². The lowest BCUT2D eigenvalue weighted by Gasteiger charge is -2.02. The van der Waals surface area contributed by atoms with Crippen molar-refractivity contribution >= 4 is 5.78 Å². The van der Waals surface area contributed by atoms with Crippen LogP contribution >= 0.6 is 0 Å². The standard InChI is InChI=1S/C17H14N2O2/c1-21-15-9-5-6-13(12-15)17(20)16-10-11-19(18-16)14-7-3-2-4-8-14/h2-12H,1H3. The summed E-state index contributed by atoms with van der Waals surface area (Å²) in [6, 6.07) is 18.5. The molecule has 0 spiro atoms. The van der Waals surface area contributed by atoms with Crippen LogP contribution in [-0.4, -0.2) is 22.7 Å². The minimum atomic E-state index is -0.122. The number of aromatic nitrogens is 2. The maximum Gasteiger partial charge on any atom is 0.213 e. The number of ketones is 1. The molecule has 0 aliphatic heterocycles. The highest BCUT2D eigenvalue weighted by atomic mass is 16.5. The zero-order valence-corrected chi connectivity index (χ0v) is 11.6. The topological polar surface area (TPSA) is 44.1 Å². The van der Waals surface area contributed by atoms with Crippen molar-refractivity contribution in [3.8, 4) is 11.4 Å². The Bertz CT molecular complexity index is 763. The number of carbonyl (C=O) groups is 1. The fraction of sp³-hybridized carbons (Fsp3) is 0.0588. The van der Waals surface area contributed by atoms with Crippen molar-refractivity contribution < 1.29 is 9.53 Å².